The highest BCUT2D eigenvalue weighted by Crippen LogP contribution is 2.15. The molecule has 0 aliphatic carbocycles. The van der Waals surface area contributed by atoms with E-state index >= 15 is 0 Å². The number of amides is 2. The number of aryl methyl sites for hydroxylation is 1. The summed E-state index contributed by atoms with van der Waals surface area (Å²) in [5, 5.41) is 0. The molecule has 6 heteroatoms. The van der Waals surface area contributed by atoms with E-state index in [1.165, 1.54) is 12.1 Å². The van der Waals surface area contributed by atoms with Crippen molar-refractivity contribution in [3.8, 4) is 0 Å². The van der Waals surface area contributed by atoms with Crippen molar-refractivity contribution in [2.24, 2.45) is 5.92 Å². The molecule has 0 bridgehead atoms. The highest BCUT2D eigenvalue weighted by atomic mass is 19.1. The van der Waals surface area contributed by atoms with Crippen LogP contribution in [0.5, 0.6) is 0 Å². The molecule has 0 saturated carbocycles. The Labute approximate surface area is 166 Å². The van der Waals surface area contributed by atoms with E-state index < -0.39 is 0 Å². The van der Waals surface area contributed by atoms with Crippen molar-refractivity contribution in [2.75, 3.05) is 13.1 Å². The zero-order valence-corrected chi connectivity index (χ0v) is 17.1. The number of benzene rings is 1. The zero-order chi connectivity index (χ0) is 20.7. The summed E-state index contributed by atoms with van der Waals surface area (Å²) in [5.41, 5.74) is 0.815. The van der Waals surface area contributed by atoms with Crippen LogP contribution in [0.1, 0.15) is 44.3 Å². The third-order valence-corrected chi connectivity index (χ3v) is 4.35. The second kappa shape index (κ2) is 10.1. The highest BCUT2D eigenvalue weighted by molar-refractivity contribution is 5.84. The Kier molecular flexibility index (Phi) is 7.79. The number of rotatable bonds is 9. The number of halogens is 1. The van der Waals surface area contributed by atoms with Crippen molar-refractivity contribution >= 4 is 11.8 Å². The molecule has 0 aliphatic rings. The Morgan fingerprint density at radius 3 is 2.21 bits per heavy atom. The lowest BCUT2D eigenvalue weighted by atomic mass is 10.2. The van der Waals surface area contributed by atoms with Gasteiger partial charge in [0.1, 0.15) is 17.3 Å². The molecule has 1 aromatic heterocycles. The molecule has 2 amide bonds. The van der Waals surface area contributed by atoms with Crippen LogP contribution in [0.2, 0.25) is 0 Å². The molecule has 0 atom stereocenters. The van der Waals surface area contributed by atoms with Crippen LogP contribution < -0.4 is 0 Å². The minimum Gasteiger partial charge on any atom is -0.464 e. The maximum absolute atomic E-state index is 13.2. The second-order valence-electron chi connectivity index (χ2n) is 7.41. The van der Waals surface area contributed by atoms with Crippen molar-refractivity contribution < 1.29 is 18.4 Å². The Morgan fingerprint density at radius 2 is 1.68 bits per heavy atom. The molecule has 0 aliphatic heterocycles. The van der Waals surface area contributed by atoms with Crippen LogP contribution in [0.25, 0.3) is 0 Å². The van der Waals surface area contributed by atoms with Gasteiger partial charge >= 0.3 is 0 Å². The minimum absolute atomic E-state index is 0.0196. The van der Waals surface area contributed by atoms with Gasteiger partial charge in [0.15, 0.2) is 0 Å². The second-order valence-corrected chi connectivity index (χ2v) is 7.41. The first-order valence-electron chi connectivity index (χ1n) is 9.63. The maximum Gasteiger partial charge on any atom is 0.242 e. The van der Waals surface area contributed by atoms with Gasteiger partial charge in [0.25, 0.3) is 0 Å². The predicted octanol–water partition coefficient (Wildman–Crippen LogP) is 4.15. The standard InChI is InChI=1S/C22H29FN2O3/c1-5-21(26)24(12-16(2)3)15-22(27)25(14-20-11-6-17(4)28-20)13-18-7-9-19(23)10-8-18/h6-11,16H,5,12-15H2,1-4H3. The first kappa shape index (κ1) is 21.7. The molecule has 1 aromatic carbocycles. The molecule has 0 fully saturated rings. The average molecular weight is 388 g/mol. The van der Waals surface area contributed by atoms with Gasteiger partial charge in [-0.1, -0.05) is 32.9 Å². The molecule has 0 unspecified atom stereocenters. The molecular weight excluding hydrogens is 359 g/mol. The van der Waals surface area contributed by atoms with E-state index in [9.17, 15) is 14.0 Å². The summed E-state index contributed by atoms with van der Waals surface area (Å²) >= 11 is 0. The van der Waals surface area contributed by atoms with Gasteiger partial charge in [0.05, 0.1) is 13.1 Å². The van der Waals surface area contributed by atoms with Gasteiger partial charge in [-0.3, -0.25) is 9.59 Å². The number of nitrogens with zero attached hydrogens (tertiary/aromatic N) is 2. The first-order valence-corrected chi connectivity index (χ1v) is 9.63. The van der Waals surface area contributed by atoms with E-state index in [0.717, 1.165) is 11.3 Å². The summed E-state index contributed by atoms with van der Waals surface area (Å²) in [6.07, 6.45) is 0.356. The fraction of sp³-hybridized carbons (Fsp3) is 0.455. The molecule has 28 heavy (non-hydrogen) atoms. The number of hydrogen-bond acceptors (Lipinski definition) is 3. The summed E-state index contributed by atoms with van der Waals surface area (Å²) in [4.78, 5) is 28.6. The summed E-state index contributed by atoms with van der Waals surface area (Å²) in [7, 11) is 0. The lowest BCUT2D eigenvalue weighted by molar-refractivity contribution is -0.141. The van der Waals surface area contributed by atoms with E-state index in [2.05, 4.69) is 0 Å². The van der Waals surface area contributed by atoms with Gasteiger partial charge in [0.2, 0.25) is 11.8 Å². The molecule has 2 aromatic rings. The lowest BCUT2D eigenvalue weighted by Crippen LogP contribution is -2.43. The van der Waals surface area contributed by atoms with E-state index in [-0.39, 0.29) is 30.1 Å². The molecule has 1 heterocycles. The largest absolute Gasteiger partial charge is 0.464 e. The topological polar surface area (TPSA) is 53.8 Å². The van der Waals surface area contributed by atoms with Crippen LogP contribution in [0.15, 0.2) is 40.8 Å². The van der Waals surface area contributed by atoms with Crippen molar-refractivity contribution in [1.29, 1.82) is 0 Å². The number of furan rings is 1. The van der Waals surface area contributed by atoms with Crippen LogP contribution in [0, 0.1) is 18.7 Å². The fourth-order valence-electron chi connectivity index (χ4n) is 2.98. The van der Waals surface area contributed by atoms with Crippen LogP contribution in [0.3, 0.4) is 0 Å². The molecule has 5 nitrogen and oxygen atoms in total. The van der Waals surface area contributed by atoms with Crippen LogP contribution in [-0.2, 0) is 22.7 Å². The minimum atomic E-state index is -0.320. The van der Waals surface area contributed by atoms with E-state index in [1.54, 1.807) is 28.9 Å². The normalized spacial score (nSPS) is 10.9. The van der Waals surface area contributed by atoms with Crippen molar-refractivity contribution in [3.05, 3.63) is 59.3 Å². The van der Waals surface area contributed by atoms with E-state index in [4.69, 9.17) is 4.42 Å². The number of hydrogen-bond donors (Lipinski definition) is 0. The van der Waals surface area contributed by atoms with Gasteiger partial charge in [-0.25, -0.2) is 4.39 Å². The lowest BCUT2D eigenvalue weighted by Gasteiger charge is -2.28. The fourth-order valence-corrected chi connectivity index (χ4v) is 2.98. The van der Waals surface area contributed by atoms with Crippen molar-refractivity contribution in [2.45, 2.75) is 47.2 Å². The smallest absolute Gasteiger partial charge is 0.242 e. The van der Waals surface area contributed by atoms with E-state index in [0.29, 0.717) is 31.8 Å². The Morgan fingerprint density at radius 1 is 1.00 bits per heavy atom. The maximum atomic E-state index is 13.2. The zero-order valence-electron chi connectivity index (χ0n) is 17.1. The van der Waals surface area contributed by atoms with Gasteiger partial charge < -0.3 is 14.2 Å². The molecule has 0 saturated heterocycles. The molecule has 0 spiro atoms. The highest BCUT2D eigenvalue weighted by Gasteiger charge is 2.22. The van der Waals surface area contributed by atoms with Crippen molar-refractivity contribution in [1.82, 2.24) is 9.80 Å². The quantitative estimate of drug-likeness (QED) is 0.648. The number of carbonyl (C=O) groups is 2. The SMILES string of the molecule is CCC(=O)N(CC(=O)N(Cc1ccc(F)cc1)Cc1ccc(C)o1)CC(C)C. The van der Waals surface area contributed by atoms with Gasteiger partial charge in [-0.2, -0.15) is 0 Å². The third-order valence-electron chi connectivity index (χ3n) is 4.35. The average Bonchev–Trinajstić information content (AvgIpc) is 3.06. The summed E-state index contributed by atoms with van der Waals surface area (Å²) in [5.74, 6) is 1.18. The van der Waals surface area contributed by atoms with Gasteiger partial charge in [-0.05, 0) is 42.7 Å². The van der Waals surface area contributed by atoms with Crippen LogP contribution in [-0.4, -0.2) is 34.7 Å². The monoisotopic (exact) mass is 388 g/mol. The molecule has 152 valence electrons. The predicted molar refractivity (Wildman–Crippen MR) is 106 cm³/mol. The summed E-state index contributed by atoms with van der Waals surface area (Å²) in [6, 6.07) is 9.75. The summed E-state index contributed by atoms with van der Waals surface area (Å²) < 4.78 is 18.8. The van der Waals surface area contributed by atoms with Crippen LogP contribution >= 0.6 is 0 Å². The van der Waals surface area contributed by atoms with E-state index in [1.807, 2.05) is 32.9 Å². The molecule has 2 rings (SSSR count). The Hall–Kier alpha value is -2.63. The van der Waals surface area contributed by atoms with Gasteiger partial charge in [0, 0.05) is 19.5 Å². The van der Waals surface area contributed by atoms with Crippen LogP contribution in [0.4, 0.5) is 4.39 Å². The van der Waals surface area contributed by atoms with Crippen molar-refractivity contribution in [3.63, 3.8) is 0 Å². The Bertz CT molecular complexity index is 783. The molecular formula is C22H29FN2O3. The first-order chi connectivity index (χ1) is 13.3. The molecule has 0 radical (unpaired) electrons. The Balaban J connectivity index is 2.18. The van der Waals surface area contributed by atoms with Gasteiger partial charge in [-0.15, -0.1) is 0 Å². The summed E-state index contributed by atoms with van der Waals surface area (Å²) in [6.45, 7) is 8.83. The molecule has 0 N–H and O–H groups in total. The third kappa shape index (κ3) is 6.51. The number of carbonyl (C=O) groups excluding carboxylic acids is 2.